The molecule has 0 fully saturated rings. The molecular formula is C10H10N2O2. The minimum Gasteiger partial charge on any atom is -0.424 e. The van der Waals surface area contributed by atoms with E-state index in [4.69, 9.17) is 4.42 Å². The number of fused-ring (bicyclic) bond motifs is 1. The summed E-state index contributed by atoms with van der Waals surface area (Å²) in [6, 6.07) is 5.65. The molecule has 0 unspecified atom stereocenters. The lowest BCUT2D eigenvalue weighted by Crippen LogP contribution is -1.95. The van der Waals surface area contributed by atoms with E-state index in [1.54, 1.807) is 18.2 Å². The molecule has 1 heterocycles. The van der Waals surface area contributed by atoms with Crippen LogP contribution < -0.4 is 5.32 Å². The predicted octanol–water partition coefficient (Wildman–Crippen LogP) is 2.07. The summed E-state index contributed by atoms with van der Waals surface area (Å²) in [6.45, 7) is 2.72. The van der Waals surface area contributed by atoms with Gasteiger partial charge < -0.3 is 9.73 Å². The highest BCUT2D eigenvalue weighted by molar-refractivity contribution is 5.84. The molecular weight excluding hydrogens is 180 g/mol. The van der Waals surface area contributed by atoms with Crippen molar-refractivity contribution in [3.8, 4) is 0 Å². The molecule has 4 nitrogen and oxygen atoms in total. The number of hydrogen-bond acceptors (Lipinski definition) is 4. The van der Waals surface area contributed by atoms with Gasteiger partial charge in [0.15, 0.2) is 5.58 Å². The van der Waals surface area contributed by atoms with E-state index in [9.17, 15) is 4.79 Å². The van der Waals surface area contributed by atoms with Crippen molar-refractivity contribution in [2.75, 3.05) is 11.9 Å². The summed E-state index contributed by atoms with van der Waals surface area (Å²) in [5.41, 5.74) is 1.98. The molecule has 2 rings (SSSR count). The Labute approximate surface area is 80.9 Å². The van der Waals surface area contributed by atoms with E-state index in [2.05, 4.69) is 10.3 Å². The zero-order valence-electron chi connectivity index (χ0n) is 7.78. The van der Waals surface area contributed by atoms with Crippen molar-refractivity contribution in [2.24, 2.45) is 0 Å². The molecule has 72 valence electrons. The smallest absolute Gasteiger partial charge is 0.295 e. The average Bonchev–Trinajstić information content (AvgIpc) is 2.59. The van der Waals surface area contributed by atoms with Crippen molar-refractivity contribution in [3.63, 3.8) is 0 Å². The average molecular weight is 190 g/mol. The van der Waals surface area contributed by atoms with Crippen LogP contribution in [0.3, 0.4) is 0 Å². The Morgan fingerprint density at radius 1 is 1.57 bits per heavy atom. The van der Waals surface area contributed by atoms with Gasteiger partial charge in [-0.2, -0.15) is 4.98 Å². The zero-order chi connectivity index (χ0) is 9.97. The fraction of sp³-hybridized carbons (Fsp3) is 0.200. The monoisotopic (exact) mass is 190 g/mol. The molecule has 4 heteroatoms. The molecule has 1 N–H and O–H groups in total. The van der Waals surface area contributed by atoms with Crippen LogP contribution in [0.5, 0.6) is 0 Å². The molecule has 0 aliphatic rings. The first-order valence-electron chi connectivity index (χ1n) is 4.43. The quantitative estimate of drug-likeness (QED) is 0.753. The Balaban J connectivity index is 2.48. The summed E-state index contributed by atoms with van der Waals surface area (Å²) in [7, 11) is 0. The lowest BCUT2D eigenvalue weighted by atomic mass is 10.2. The molecule has 0 aliphatic heterocycles. The van der Waals surface area contributed by atoms with Gasteiger partial charge in [-0.3, -0.25) is 4.79 Å². The van der Waals surface area contributed by atoms with E-state index < -0.39 is 0 Å². The lowest BCUT2D eigenvalue weighted by molar-refractivity contribution is 0.112. The van der Waals surface area contributed by atoms with Crippen molar-refractivity contribution in [2.45, 2.75) is 6.92 Å². The predicted molar refractivity (Wildman–Crippen MR) is 53.6 cm³/mol. The second kappa shape index (κ2) is 3.49. The number of aromatic nitrogens is 1. The van der Waals surface area contributed by atoms with E-state index in [-0.39, 0.29) is 0 Å². The van der Waals surface area contributed by atoms with Crippen molar-refractivity contribution in [3.05, 3.63) is 23.8 Å². The van der Waals surface area contributed by atoms with Crippen LogP contribution in [0.15, 0.2) is 22.6 Å². The van der Waals surface area contributed by atoms with Gasteiger partial charge >= 0.3 is 0 Å². The molecule has 0 saturated heterocycles. The van der Waals surface area contributed by atoms with Crippen LogP contribution in [0.4, 0.5) is 6.01 Å². The molecule has 0 bridgehead atoms. The Morgan fingerprint density at radius 2 is 2.43 bits per heavy atom. The molecule has 14 heavy (non-hydrogen) atoms. The second-order valence-electron chi connectivity index (χ2n) is 2.89. The van der Waals surface area contributed by atoms with Gasteiger partial charge in [-0.05, 0) is 25.1 Å². The van der Waals surface area contributed by atoms with Crippen LogP contribution in [0.1, 0.15) is 17.3 Å². The van der Waals surface area contributed by atoms with Crippen molar-refractivity contribution in [1.29, 1.82) is 0 Å². The first kappa shape index (κ1) is 8.74. The highest BCUT2D eigenvalue weighted by atomic mass is 16.4. The zero-order valence-corrected chi connectivity index (χ0v) is 7.78. The maximum atomic E-state index is 10.5. The van der Waals surface area contributed by atoms with E-state index in [1.807, 2.05) is 6.92 Å². The number of carbonyl (C=O) groups excluding carboxylic acids is 1. The lowest BCUT2D eigenvalue weighted by Gasteiger charge is -1.91. The minimum atomic E-state index is 0.491. The molecule has 0 radical (unpaired) electrons. The van der Waals surface area contributed by atoms with E-state index in [0.29, 0.717) is 17.2 Å². The molecule has 0 saturated carbocycles. The highest BCUT2D eigenvalue weighted by Gasteiger charge is 2.04. The van der Waals surface area contributed by atoms with Crippen molar-refractivity contribution < 1.29 is 9.21 Å². The highest BCUT2D eigenvalue weighted by Crippen LogP contribution is 2.19. The van der Waals surface area contributed by atoms with Gasteiger partial charge in [0.25, 0.3) is 6.01 Å². The van der Waals surface area contributed by atoms with Crippen molar-refractivity contribution >= 4 is 23.4 Å². The number of oxazole rings is 1. The number of carbonyl (C=O) groups is 1. The van der Waals surface area contributed by atoms with Crippen LogP contribution in [-0.4, -0.2) is 17.8 Å². The third kappa shape index (κ3) is 1.46. The number of rotatable bonds is 3. The normalized spacial score (nSPS) is 10.4. The van der Waals surface area contributed by atoms with Crippen LogP contribution in [0, 0.1) is 0 Å². The van der Waals surface area contributed by atoms with Gasteiger partial charge in [-0.1, -0.05) is 0 Å². The van der Waals surface area contributed by atoms with E-state index in [0.717, 1.165) is 18.3 Å². The van der Waals surface area contributed by atoms with Gasteiger partial charge in [0, 0.05) is 12.1 Å². The Morgan fingerprint density at radius 3 is 3.14 bits per heavy atom. The maximum Gasteiger partial charge on any atom is 0.295 e. The summed E-state index contributed by atoms with van der Waals surface area (Å²) in [4.78, 5) is 14.7. The molecule has 1 aromatic heterocycles. The summed E-state index contributed by atoms with van der Waals surface area (Å²) < 4.78 is 5.37. The molecule has 0 atom stereocenters. The van der Waals surface area contributed by atoms with Gasteiger partial charge in [-0.15, -0.1) is 0 Å². The SMILES string of the molecule is CCNc1nc2ccc(C=O)cc2o1. The van der Waals surface area contributed by atoms with E-state index in [1.165, 1.54) is 0 Å². The number of benzene rings is 1. The fourth-order valence-electron chi connectivity index (χ4n) is 1.24. The summed E-state index contributed by atoms with van der Waals surface area (Å²) >= 11 is 0. The van der Waals surface area contributed by atoms with Gasteiger partial charge in [0.05, 0.1) is 0 Å². The van der Waals surface area contributed by atoms with Gasteiger partial charge in [-0.25, -0.2) is 0 Å². The first-order chi connectivity index (χ1) is 6.83. The van der Waals surface area contributed by atoms with Crippen LogP contribution in [0.2, 0.25) is 0 Å². The maximum absolute atomic E-state index is 10.5. The minimum absolute atomic E-state index is 0.491. The molecule has 1 aromatic carbocycles. The first-order valence-corrected chi connectivity index (χ1v) is 4.43. The third-order valence-electron chi connectivity index (χ3n) is 1.88. The molecule has 0 aliphatic carbocycles. The number of aldehydes is 1. The summed E-state index contributed by atoms with van der Waals surface area (Å²) in [6.07, 6.45) is 0.787. The Kier molecular flexibility index (Phi) is 2.18. The molecule has 0 amide bonds. The fourth-order valence-corrected chi connectivity index (χ4v) is 1.24. The standard InChI is InChI=1S/C10H10N2O2/c1-2-11-10-12-8-4-3-7(6-13)5-9(8)14-10/h3-6H,2H2,1H3,(H,11,12). The number of anilines is 1. The van der Waals surface area contributed by atoms with Crippen LogP contribution in [-0.2, 0) is 0 Å². The Bertz CT molecular complexity index is 462. The summed E-state index contributed by atoms with van der Waals surface area (Å²) in [5.74, 6) is 0. The van der Waals surface area contributed by atoms with Crippen LogP contribution in [0.25, 0.3) is 11.1 Å². The topological polar surface area (TPSA) is 55.1 Å². The number of hydrogen-bond donors (Lipinski definition) is 1. The summed E-state index contributed by atoms with van der Waals surface area (Å²) in [5, 5.41) is 2.97. The van der Waals surface area contributed by atoms with Gasteiger partial charge in [0.2, 0.25) is 0 Å². The number of nitrogens with one attached hydrogen (secondary N) is 1. The Hall–Kier alpha value is -1.84. The third-order valence-corrected chi connectivity index (χ3v) is 1.88. The van der Waals surface area contributed by atoms with Crippen LogP contribution >= 0.6 is 0 Å². The molecule has 0 spiro atoms. The second-order valence-corrected chi connectivity index (χ2v) is 2.89. The number of nitrogens with zero attached hydrogens (tertiary/aromatic N) is 1. The van der Waals surface area contributed by atoms with Crippen molar-refractivity contribution in [1.82, 2.24) is 4.98 Å². The van der Waals surface area contributed by atoms with Gasteiger partial charge in [0.1, 0.15) is 11.8 Å². The van der Waals surface area contributed by atoms with E-state index >= 15 is 0 Å². The largest absolute Gasteiger partial charge is 0.424 e. The molecule has 2 aromatic rings.